The predicted octanol–water partition coefficient (Wildman–Crippen LogP) is 4.77. The fraction of sp³-hybridized carbons (Fsp3) is 0.231. The second kappa shape index (κ2) is 8.36. The van der Waals surface area contributed by atoms with Crippen LogP contribution in [0.3, 0.4) is 0 Å². The number of nitrogens with zero attached hydrogens (tertiary/aromatic N) is 1. The molecule has 5 nitrogen and oxygen atoms in total. The summed E-state index contributed by atoms with van der Waals surface area (Å²) in [5.74, 6) is -0.242. The minimum atomic E-state index is -0.300. The molecule has 5 rings (SSSR count). The largest absolute Gasteiger partial charge is 0.451 e. The molecule has 0 saturated carbocycles. The van der Waals surface area contributed by atoms with E-state index < -0.39 is 0 Å². The standard InChI is InChI=1S/C26H23NO4/c28-23-15-25(31-24-13-4-3-12-22(23)24)26(29)27(17-20-10-6-14-30-20)16-19-9-5-8-18-7-1-2-11-21(18)19/h1-5,7-9,11-13,15,20H,6,10,14,16-17H2/t20-/m1/s1. The first-order chi connectivity index (χ1) is 15.2. The Kier molecular flexibility index (Phi) is 5.26. The Hall–Kier alpha value is -3.44. The van der Waals surface area contributed by atoms with Gasteiger partial charge in [0.2, 0.25) is 0 Å². The normalized spacial score (nSPS) is 16.1. The van der Waals surface area contributed by atoms with Crippen LogP contribution in [0.4, 0.5) is 0 Å². The Morgan fingerprint density at radius 3 is 2.58 bits per heavy atom. The van der Waals surface area contributed by atoms with Crippen molar-refractivity contribution in [3.63, 3.8) is 0 Å². The van der Waals surface area contributed by atoms with Gasteiger partial charge in [-0.25, -0.2) is 0 Å². The van der Waals surface area contributed by atoms with Crippen molar-refractivity contribution in [2.24, 2.45) is 0 Å². The third-order valence-corrected chi connectivity index (χ3v) is 5.82. The number of ether oxygens (including phenoxy) is 1. The molecular weight excluding hydrogens is 390 g/mol. The fourth-order valence-electron chi connectivity index (χ4n) is 4.25. The van der Waals surface area contributed by atoms with Crippen molar-refractivity contribution in [1.29, 1.82) is 0 Å². The smallest absolute Gasteiger partial charge is 0.290 e. The molecule has 0 N–H and O–H groups in total. The molecule has 4 aromatic rings. The van der Waals surface area contributed by atoms with E-state index in [2.05, 4.69) is 18.2 Å². The van der Waals surface area contributed by atoms with E-state index in [-0.39, 0.29) is 23.2 Å². The van der Waals surface area contributed by atoms with Gasteiger partial charge < -0.3 is 14.1 Å². The number of hydrogen-bond donors (Lipinski definition) is 0. The topological polar surface area (TPSA) is 59.8 Å². The van der Waals surface area contributed by atoms with E-state index >= 15 is 0 Å². The summed E-state index contributed by atoms with van der Waals surface area (Å²) < 4.78 is 11.6. The number of amides is 1. The van der Waals surface area contributed by atoms with E-state index in [1.807, 2.05) is 24.3 Å². The van der Waals surface area contributed by atoms with Crippen LogP contribution in [-0.2, 0) is 11.3 Å². The molecule has 0 aliphatic carbocycles. The van der Waals surface area contributed by atoms with Gasteiger partial charge in [0.15, 0.2) is 11.2 Å². The predicted molar refractivity (Wildman–Crippen MR) is 120 cm³/mol. The highest BCUT2D eigenvalue weighted by atomic mass is 16.5. The molecule has 1 amide bonds. The molecule has 2 heterocycles. The Balaban J connectivity index is 1.52. The first-order valence-corrected chi connectivity index (χ1v) is 10.6. The summed E-state index contributed by atoms with van der Waals surface area (Å²) in [4.78, 5) is 27.8. The number of hydrogen-bond acceptors (Lipinski definition) is 4. The van der Waals surface area contributed by atoms with Gasteiger partial charge in [-0.3, -0.25) is 9.59 Å². The van der Waals surface area contributed by atoms with Crippen molar-refractivity contribution in [3.8, 4) is 0 Å². The van der Waals surface area contributed by atoms with Gasteiger partial charge in [0.25, 0.3) is 5.91 Å². The van der Waals surface area contributed by atoms with Gasteiger partial charge in [-0.15, -0.1) is 0 Å². The molecule has 0 spiro atoms. The molecule has 1 aliphatic heterocycles. The van der Waals surface area contributed by atoms with Gasteiger partial charge >= 0.3 is 0 Å². The molecule has 31 heavy (non-hydrogen) atoms. The second-order valence-electron chi connectivity index (χ2n) is 7.93. The van der Waals surface area contributed by atoms with Gasteiger partial charge in [-0.2, -0.15) is 0 Å². The average molecular weight is 413 g/mol. The van der Waals surface area contributed by atoms with Crippen LogP contribution < -0.4 is 5.43 Å². The zero-order chi connectivity index (χ0) is 21.2. The van der Waals surface area contributed by atoms with E-state index in [0.29, 0.717) is 30.7 Å². The first kappa shape index (κ1) is 19.5. The summed E-state index contributed by atoms with van der Waals surface area (Å²) in [5, 5.41) is 2.70. The van der Waals surface area contributed by atoms with Crippen LogP contribution in [0.5, 0.6) is 0 Å². The van der Waals surface area contributed by atoms with Crippen LogP contribution in [0, 0.1) is 0 Å². The monoisotopic (exact) mass is 413 g/mol. The number of benzene rings is 3. The average Bonchev–Trinajstić information content (AvgIpc) is 3.31. The molecule has 1 aromatic heterocycles. The third kappa shape index (κ3) is 3.97. The quantitative estimate of drug-likeness (QED) is 0.473. The van der Waals surface area contributed by atoms with E-state index in [1.165, 1.54) is 6.07 Å². The Morgan fingerprint density at radius 2 is 1.74 bits per heavy atom. The van der Waals surface area contributed by atoms with Gasteiger partial charge in [0.1, 0.15) is 5.58 Å². The van der Waals surface area contributed by atoms with Crippen molar-refractivity contribution in [1.82, 2.24) is 4.90 Å². The van der Waals surface area contributed by atoms with Crippen LogP contribution in [0.2, 0.25) is 0 Å². The number of rotatable bonds is 5. The highest BCUT2D eigenvalue weighted by Gasteiger charge is 2.26. The van der Waals surface area contributed by atoms with Gasteiger partial charge in [0, 0.05) is 25.8 Å². The SMILES string of the molecule is O=C(c1cc(=O)c2ccccc2o1)N(Cc1cccc2ccccc12)C[C@H]1CCCO1. The molecule has 1 fully saturated rings. The van der Waals surface area contributed by atoms with E-state index in [4.69, 9.17) is 9.15 Å². The van der Waals surface area contributed by atoms with Crippen LogP contribution in [0.15, 0.2) is 82.0 Å². The lowest BCUT2D eigenvalue weighted by molar-refractivity contribution is 0.0485. The molecule has 0 unspecified atom stereocenters. The second-order valence-corrected chi connectivity index (χ2v) is 7.93. The molecule has 1 saturated heterocycles. The van der Waals surface area contributed by atoms with E-state index in [1.54, 1.807) is 29.2 Å². The lowest BCUT2D eigenvalue weighted by Crippen LogP contribution is -2.37. The highest BCUT2D eigenvalue weighted by molar-refractivity contribution is 5.94. The number of carbonyl (C=O) groups is 1. The molecule has 0 radical (unpaired) electrons. The first-order valence-electron chi connectivity index (χ1n) is 10.6. The Morgan fingerprint density at radius 1 is 0.968 bits per heavy atom. The Bertz CT molecular complexity index is 1300. The molecular formula is C26H23NO4. The van der Waals surface area contributed by atoms with Crippen molar-refractivity contribution < 1.29 is 13.9 Å². The molecule has 5 heteroatoms. The van der Waals surface area contributed by atoms with Gasteiger partial charge in [-0.05, 0) is 41.3 Å². The molecule has 1 atom stereocenters. The molecule has 156 valence electrons. The highest BCUT2D eigenvalue weighted by Crippen LogP contribution is 2.23. The van der Waals surface area contributed by atoms with Crippen LogP contribution in [0.1, 0.15) is 29.0 Å². The van der Waals surface area contributed by atoms with E-state index in [9.17, 15) is 9.59 Å². The summed E-state index contributed by atoms with van der Waals surface area (Å²) in [6, 6.07) is 22.5. The lowest BCUT2D eigenvalue weighted by atomic mass is 10.0. The van der Waals surface area contributed by atoms with Crippen molar-refractivity contribution in [2.75, 3.05) is 13.2 Å². The third-order valence-electron chi connectivity index (χ3n) is 5.82. The minimum Gasteiger partial charge on any atom is -0.451 e. The van der Waals surface area contributed by atoms with Gasteiger partial charge in [0.05, 0.1) is 11.5 Å². The van der Waals surface area contributed by atoms with Crippen molar-refractivity contribution in [2.45, 2.75) is 25.5 Å². The van der Waals surface area contributed by atoms with Gasteiger partial charge in [-0.1, -0.05) is 54.6 Å². The molecule has 1 aliphatic rings. The Labute approximate surface area is 179 Å². The summed E-state index contributed by atoms with van der Waals surface area (Å²) >= 11 is 0. The molecule has 0 bridgehead atoms. The van der Waals surface area contributed by atoms with Crippen molar-refractivity contribution >= 4 is 27.6 Å². The number of fused-ring (bicyclic) bond motifs is 2. The zero-order valence-corrected chi connectivity index (χ0v) is 17.1. The van der Waals surface area contributed by atoms with Crippen LogP contribution in [0.25, 0.3) is 21.7 Å². The fourth-order valence-corrected chi connectivity index (χ4v) is 4.25. The zero-order valence-electron chi connectivity index (χ0n) is 17.1. The minimum absolute atomic E-state index is 0.00824. The molecule has 3 aromatic carbocycles. The van der Waals surface area contributed by atoms with E-state index in [0.717, 1.165) is 29.2 Å². The van der Waals surface area contributed by atoms with Crippen molar-refractivity contribution in [3.05, 3.63) is 94.3 Å². The summed E-state index contributed by atoms with van der Waals surface area (Å²) in [7, 11) is 0. The maximum absolute atomic E-state index is 13.5. The number of para-hydroxylation sites is 1. The lowest BCUT2D eigenvalue weighted by Gasteiger charge is -2.25. The maximum atomic E-state index is 13.5. The van der Waals surface area contributed by atoms with Crippen LogP contribution in [-0.4, -0.2) is 30.1 Å². The van der Waals surface area contributed by atoms with Crippen LogP contribution >= 0.6 is 0 Å². The summed E-state index contributed by atoms with van der Waals surface area (Å²) in [6.07, 6.45) is 1.90. The summed E-state index contributed by atoms with van der Waals surface area (Å²) in [5.41, 5.74) is 1.25. The number of carbonyl (C=O) groups excluding carboxylic acids is 1. The summed E-state index contributed by atoms with van der Waals surface area (Å²) in [6.45, 7) is 1.58. The maximum Gasteiger partial charge on any atom is 0.290 e.